The van der Waals surface area contributed by atoms with Crippen LogP contribution < -0.4 is 5.32 Å². The molecule has 16 heavy (non-hydrogen) atoms. The number of rotatable bonds is 3. The van der Waals surface area contributed by atoms with E-state index in [-0.39, 0.29) is 0 Å². The summed E-state index contributed by atoms with van der Waals surface area (Å²) in [5.74, 6) is 0. The molecule has 2 heterocycles. The van der Waals surface area contributed by atoms with Crippen LogP contribution in [0.25, 0.3) is 0 Å². The van der Waals surface area contributed by atoms with E-state index in [9.17, 15) is 0 Å². The lowest BCUT2D eigenvalue weighted by molar-refractivity contribution is 0.192. The SMILES string of the molecule is CN(Cc1csc(Cl)c1Cl)C1CCNCC1. The topological polar surface area (TPSA) is 15.3 Å². The molecule has 1 saturated heterocycles. The van der Waals surface area contributed by atoms with E-state index < -0.39 is 0 Å². The fourth-order valence-electron chi connectivity index (χ4n) is 2.10. The van der Waals surface area contributed by atoms with Gasteiger partial charge in [0.05, 0.1) is 5.02 Å². The zero-order chi connectivity index (χ0) is 11.5. The van der Waals surface area contributed by atoms with Gasteiger partial charge in [0.15, 0.2) is 0 Å². The molecule has 5 heteroatoms. The third-order valence-corrected chi connectivity index (χ3v) is 5.02. The summed E-state index contributed by atoms with van der Waals surface area (Å²) in [5.41, 5.74) is 1.15. The van der Waals surface area contributed by atoms with E-state index in [1.807, 2.05) is 0 Å². The summed E-state index contributed by atoms with van der Waals surface area (Å²) in [6.45, 7) is 3.13. The van der Waals surface area contributed by atoms with E-state index >= 15 is 0 Å². The Balaban J connectivity index is 1.95. The highest BCUT2D eigenvalue weighted by molar-refractivity contribution is 7.15. The van der Waals surface area contributed by atoms with Crippen LogP contribution in [0.15, 0.2) is 5.38 Å². The van der Waals surface area contributed by atoms with Crippen LogP contribution in [0, 0.1) is 0 Å². The van der Waals surface area contributed by atoms with Gasteiger partial charge in [-0.3, -0.25) is 4.90 Å². The van der Waals surface area contributed by atoms with Gasteiger partial charge in [-0.25, -0.2) is 0 Å². The van der Waals surface area contributed by atoms with Crippen LogP contribution in [0.2, 0.25) is 9.36 Å². The molecule has 0 aromatic carbocycles. The number of hydrogen-bond donors (Lipinski definition) is 1. The molecule has 1 fully saturated rings. The van der Waals surface area contributed by atoms with E-state index in [0.29, 0.717) is 10.4 Å². The molecule has 1 aromatic heterocycles. The largest absolute Gasteiger partial charge is 0.317 e. The average Bonchev–Trinajstić information content (AvgIpc) is 2.62. The van der Waals surface area contributed by atoms with Gasteiger partial charge in [0.1, 0.15) is 4.34 Å². The third kappa shape index (κ3) is 2.90. The van der Waals surface area contributed by atoms with Crippen molar-refractivity contribution in [1.82, 2.24) is 10.2 Å². The predicted molar refractivity (Wildman–Crippen MR) is 71.7 cm³/mol. The molecule has 0 spiro atoms. The highest BCUT2D eigenvalue weighted by Gasteiger charge is 2.19. The second-order valence-electron chi connectivity index (χ2n) is 4.24. The summed E-state index contributed by atoms with van der Waals surface area (Å²) in [7, 11) is 2.16. The van der Waals surface area contributed by atoms with Crippen molar-refractivity contribution in [3.05, 3.63) is 20.3 Å². The lowest BCUT2D eigenvalue weighted by Crippen LogP contribution is -2.40. The van der Waals surface area contributed by atoms with Crippen molar-refractivity contribution in [2.45, 2.75) is 25.4 Å². The van der Waals surface area contributed by atoms with Gasteiger partial charge in [-0.15, -0.1) is 11.3 Å². The first-order valence-electron chi connectivity index (χ1n) is 5.51. The normalized spacial score (nSPS) is 18.2. The van der Waals surface area contributed by atoms with Crippen LogP contribution >= 0.6 is 34.5 Å². The van der Waals surface area contributed by atoms with Crippen molar-refractivity contribution in [3.8, 4) is 0 Å². The van der Waals surface area contributed by atoms with Crippen LogP contribution in [0.4, 0.5) is 0 Å². The number of nitrogens with zero attached hydrogens (tertiary/aromatic N) is 1. The van der Waals surface area contributed by atoms with Crippen molar-refractivity contribution in [3.63, 3.8) is 0 Å². The van der Waals surface area contributed by atoms with Gasteiger partial charge in [-0.05, 0) is 43.9 Å². The zero-order valence-corrected chi connectivity index (χ0v) is 11.6. The Labute approximate surface area is 111 Å². The minimum atomic E-state index is 0.663. The first-order chi connectivity index (χ1) is 7.68. The van der Waals surface area contributed by atoms with Crippen LogP contribution in [-0.2, 0) is 6.54 Å². The molecular weight excluding hydrogens is 263 g/mol. The first-order valence-corrected chi connectivity index (χ1v) is 7.14. The maximum absolute atomic E-state index is 6.13. The Hall–Kier alpha value is 0.200. The molecule has 0 amide bonds. The fraction of sp³-hybridized carbons (Fsp3) is 0.636. The molecule has 1 aliphatic rings. The first kappa shape index (κ1) is 12.7. The standard InChI is InChI=1S/C11H16Cl2N2S/c1-15(9-2-4-14-5-3-9)6-8-7-16-11(13)10(8)12/h7,9,14H,2-6H2,1H3. The molecule has 2 nitrogen and oxygen atoms in total. The van der Waals surface area contributed by atoms with E-state index in [1.165, 1.54) is 24.2 Å². The minimum Gasteiger partial charge on any atom is -0.317 e. The lowest BCUT2D eigenvalue weighted by Gasteiger charge is -2.31. The molecule has 0 radical (unpaired) electrons. The molecule has 0 aliphatic carbocycles. The van der Waals surface area contributed by atoms with Crippen LogP contribution in [-0.4, -0.2) is 31.1 Å². The maximum Gasteiger partial charge on any atom is 0.112 e. The van der Waals surface area contributed by atoms with Crippen LogP contribution in [0.3, 0.4) is 0 Å². The second-order valence-corrected chi connectivity index (χ2v) is 6.10. The van der Waals surface area contributed by atoms with Gasteiger partial charge in [0.25, 0.3) is 0 Å². The number of thiophene rings is 1. The predicted octanol–water partition coefficient (Wildman–Crippen LogP) is 3.24. The van der Waals surface area contributed by atoms with Crippen molar-refractivity contribution in [2.24, 2.45) is 0 Å². The number of piperidine rings is 1. The lowest BCUT2D eigenvalue weighted by atomic mass is 10.1. The molecule has 2 rings (SSSR count). The Bertz CT molecular complexity index is 348. The molecule has 0 atom stereocenters. The Morgan fingerprint density at radius 2 is 2.12 bits per heavy atom. The fourth-order valence-corrected chi connectivity index (χ4v) is 3.34. The quantitative estimate of drug-likeness (QED) is 0.913. The summed E-state index contributed by atoms with van der Waals surface area (Å²) >= 11 is 13.6. The molecule has 0 saturated carbocycles. The van der Waals surface area contributed by atoms with Crippen molar-refractivity contribution in [1.29, 1.82) is 0 Å². The van der Waals surface area contributed by atoms with Gasteiger partial charge in [0, 0.05) is 12.6 Å². The van der Waals surface area contributed by atoms with Gasteiger partial charge < -0.3 is 5.32 Å². The highest BCUT2D eigenvalue weighted by Crippen LogP contribution is 2.33. The molecule has 0 unspecified atom stereocenters. The molecule has 90 valence electrons. The molecule has 1 N–H and O–H groups in total. The molecular formula is C11H16Cl2N2S. The summed E-state index contributed by atoms with van der Waals surface area (Å²) in [5, 5.41) is 6.16. The molecule has 1 aliphatic heterocycles. The summed E-state index contributed by atoms with van der Waals surface area (Å²) in [4.78, 5) is 2.38. The van der Waals surface area contributed by atoms with E-state index in [1.54, 1.807) is 0 Å². The number of hydrogen-bond acceptors (Lipinski definition) is 3. The zero-order valence-electron chi connectivity index (χ0n) is 9.30. The van der Waals surface area contributed by atoms with Crippen molar-refractivity contribution < 1.29 is 0 Å². The Morgan fingerprint density at radius 3 is 2.69 bits per heavy atom. The summed E-state index contributed by atoms with van der Waals surface area (Å²) < 4.78 is 0.704. The van der Waals surface area contributed by atoms with Crippen molar-refractivity contribution in [2.75, 3.05) is 20.1 Å². The van der Waals surface area contributed by atoms with Gasteiger partial charge in [-0.2, -0.15) is 0 Å². The Kier molecular flexibility index (Phi) is 4.50. The third-order valence-electron chi connectivity index (χ3n) is 3.11. The molecule has 1 aromatic rings. The molecule has 0 bridgehead atoms. The minimum absolute atomic E-state index is 0.663. The van der Waals surface area contributed by atoms with Gasteiger partial charge in [0.2, 0.25) is 0 Å². The smallest absolute Gasteiger partial charge is 0.112 e. The summed E-state index contributed by atoms with van der Waals surface area (Å²) in [6.07, 6.45) is 2.43. The van der Waals surface area contributed by atoms with E-state index in [0.717, 1.165) is 30.2 Å². The van der Waals surface area contributed by atoms with Crippen molar-refractivity contribution >= 4 is 34.5 Å². The number of halogens is 2. The number of nitrogens with one attached hydrogen (secondary N) is 1. The summed E-state index contributed by atoms with van der Waals surface area (Å²) in [6, 6.07) is 0.663. The van der Waals surface area contributed by atoms with Crippen LogP contribution in [0.1, 0.15) is 18.4 Å². The maximum atomic E-state index is 6.13. The second kappa shape index (κ2) is 5.69. The van der Waals surface area contributed by atoms with Gasteiger partial charge in [-0.1, -0.05) is 23.2 Å². The monoisotopic (exact) mass is 278 g/mol. The Morgan fingerprint density at radius 1 is 1.44 bits per heavy atom. The van der Waals surface area contributed by atoms with Crippen LogP contribution in [0.5, 0.6) is 0 Å². The average molecular weight is 279 g/mol. The van der Waals surface area contributed by atoms with Gasteiger partial charge >= 0.3 is 0 Å². The van der Waals surface area contributed by atoms with E-state index in [4.69, 9.17) is 23.2 Å². The van der Waals surface area contributed by atoms with E-state index in [2.05, 4.69) is 22.6 Å². The highest BCUT2D eigenvalue weighted by atomic mass is 35.5.